The standard InChI is InChI=1S/C16H19Cl2N3O2S/c1-10(19)7-12-9-24-16(20-12)21-15(22)3-2-6-23-14-5-4-11(17)8-13(14)18/h4-5,8-10H,2-3,6-7,19H2,1H3,(H,20,21,22). The third-order valence-corrected chi connectivity index (χ3v) is 4.37. The zero-order valence-corrected chi connectivity index (χ0v) is 15.5. The van der Waals surface area contributed by atoms with Crippen LogP contribution in [0.15, 0.2) is 23.6 Å². The first kappa shape index (κ1) is 19.0. The molecule has 2 aromatic rings. The number of nitrogens with zero attached hydrogens (tertiary/aromatic N) is 1. The molecule has 24 heavy (non-hydrogen) atoms. The maximum atomic E-state index is 11.9. The lowest BCUT2D eigenvalue weighted by atomic mass is 10.2. The summed E-state index contributed by atoms with van der Waals surface area (Å²) in [5, 5.41) is 6.29. The number of carbonyl (C=O) groups excluding carboxylic acids is 1. The van der Waals surface area contributed by atoms with E-state index in [0.717, 1.165) is 5.69 Å². The van der Waals surface area contributed by atoms with Crippen molar-refractivity contribution in [1.29, 1.82) is 0 Å². The van der Waals surface area contributed by atoms with E-state index in [-0.39, 0.29) is 11.9 Å². The van der Waals surface area contributed by atoms with Crippen molar-refractivity contribution >= 4 is 45.6 Å². The topological polar surface area (TPSA) is 77.2 Å². The van der Waals surface area contributed by atoms with Crippen LogP contribution in [0.4, 0.5) is 5.13 Å². The number of hydrogen-bond donors (Lipinski definition) is 2. The van der Waals surface area contributed by atoms with E-state index in [1.807, 2.05) is 12.3 Å². The lowest BCUT2D eigenvalue weighted by Crippen LogP contribution is -2.18. The zero-order chi connectivity index (χ0) is 17.5. The summed E-state index contributed by atoms with van der Waals surface area (Å²) in [6, 6.07) is 5.08. The number of anilines is 1. The van der Waals surface area contributed by atoms with Gasteiger partial charge in [-0.15, -0.1) is 11.3 Å². The van der Waals surface area contributed by atoms with Crippen molar-refractivity contribution in [1.82, 2.24) is 4.98 Å². The summed E-state index contributed by atoms with van der Waals surface area (Å²) in [5.41, 5.74) is 6.62. The number of hydrogen-bond acceptors (Lipinski definition) is 5. The molecule has 0 aliphatic heterocycles. The first-order valence-corrected chi connectivity index (χ1v) is 9.15. The molecule has 2 rings (SSSR count). The fourth-order valence-electron chi connectivity index (χ4n) is 1.98. The Morgan fingerprint density at radius 1 is 1.46 bits per heavy atom. The summed E-state index contributed by atoms with van der Waals surface area (Å²) in [7, 11) is 0. The number of nitrogens with two attached hydrogens (primary N) is 1. The Bertz CT molecular complexity index is 692. The van der Waals surface area contributed by atoms with E-state index in [2.05, 4.69) is 10.3 Å². The van der Waals surface area contributed by atoms with Gasteiger partial charge in [-0.1, -0.05) is 23.2 Å². The van der Waals surface area contributed by atoms with E-state index in [9.17, 15) is 4.79 Å². The van der Waals surface area contributed by atoms with Gasteiger partial charge in [0.15, 0.2) is 5.13 Å². The van der Waals surface area contributed by atoms with Crippen molar-refractivity contribution in [3.63, 3.8) is 0 Å². The molecule has 0 radical (unpaired) electrons. The summed E-state index contributed by atoms with van der Waals surface area (Å²) in [6.45, 7) is 2.31. The second kappa shape index (κ2) is 9.22. The minimum Gasteiger partial charge on any atom is -0.492 e. The highest BCUT2D eigenvalue weighted by molar-refractivity contribution is 7.13. The number of nitrogens with one attached hydrogen (secondary N) is 1. The number of benzene rings is 1. The number of ether oxygens (including phenoxy) is 1. The van der Waals surface area contributed by atoms with E-state index < -0.39 is 0 Å². The summed E-state index contributed by atoms with van der Waals surface area (Å²) >= 11 is 13.2. The van der Waals surface area contributed by atoms with Crippen LogP contribution in [-0.2, 0) is 11.2 Å². The second-order valence-corrected chi connectivity index (χ2v) is 7.10. The number of amides is 1. The zero-order valence-electron chi connectivity index (χ0n) is 13.2. The van der Waals surface area contributed by atoms with E-state index in [1.54, 1.807) is 18.2 Å². The van der Waals surface area contributed by atoms with Crippen molar-refractivity contribution in [3.8, 4) is 5.75 Å². The van der Waals surface area contributed by atoms with Gasteiger partial charge >= 0.3 is 0 Å². The van der Waals surface area contributed by atoms with Gasteiger partial charge in [0, 0.05) is 29.3 Å². The molecule has 1 atom stereocenters. The van der Waals surface area contributed by atoms with Crippen molar-refractivity contribution < 1.29 is 9.53 Å². The van der Waals surface area contributed by atoms with Crippen LogP contribution in [0, 0.1) is 0 Å². The van der Waals surface area contributed by atoms with Gasteiger partial charge < -0.3 is 15.8 Å². The van der Waals surface area contributed by atoms with E-state index in [1.165, 1.54) is 11.3 Å². The predicted molar refractivity (Wildman–Crippen MR) is 99.3 cm³/mol. The molecule has 0 saturated carbocycles. The van der Waals surface area contributed by atoms with Crippen LogP contribution in [0.1, 0.15) is 25.5 Å². The van der Waals surface area contributed by atoms with Crippen LogP contribution in [0.2, 0.25) is 10.0 Å². The molecule has 5 nitrogen and oxygen atoms in total. The molecule has 0 bridgehead atoms. The van der Waals surface area contributed by atoms with Crippen LogP contribution >= 0.6 is 34.5 Å². The number of rotatable bonds is 8. The second-order valence-electron chi connectivity index (χ2n) is 5.40. The number of aromatic nitrogens is 1. The van der Waals surface area contributed by atoms with Crippen LogP contribution in [-0.4, -0.2) is 23.5 Å². The molecule has 1 heterocycles. The Labute approximate surface area is 155 Å². The van der Waals surface area contributed by atoms with Crippen molar-refractivity contribution in [3.05, 3.63) is 39.3 Å². The molecule has 8 heteroatoms. The largest absolute Gasteiger partial charge is 0.492 e. The van der Waals surface area contributed by atoms with Crippen molar-refractivity contribution in [2.45, 2.75) is 32.2 Å². The van der Waals surface area contributed by atoms with E-state index in [4.69, 9.17) is 33.7 Å². The van der Waals surface area contributed by atoms with E-state index >= 15 is 0 Å². The Hall–Kier alpha value is -1.34. The lowest BCUT2D eigenvalue weighted by Gasteiger charge is -2.08. The quantitative estimate of drug-likeness (QED) is 0.667. The Kier molecular flexibility index (Phi) is 7.30. The van der Waals surface area contributed by atoms with Gasteiger partial charge in [-0.2, -0.15) is 0 Å². The monoisotopic (exact) mass is 387 g/mol. The fraction of sp³-hybridized carbons (Fsp3) is 0.375. The van der Waals surface area contributed by atoms with Crippen molar-refractivity contribution in [2.75, 3.05) is 11.9 Å². The SMILES string of the molecule is CC(N)Cc1csc(NC(=O)CCCOc2ccc(Cl)cc2Cl)n1. The Balaban J connectivity index is 1.70. The first-order chi connectivity index (χ1) is 11.4. The summed E-state index contributed by atoms with van der Waals surface area (Å²) in [4.78, 5) is 16.2. The number of carbonyl (C=O) groups is 1. The van der Waals surface area contributed by atoms with Crippen LogP contribution in [0.25, 0.3) is 0 Å². The minimum absolute atomic E-state index is 0.0486. The molecule has 0 saturated heterocycles. The van der Waals surface area contributed by atoms with Gasteiger partial charge in [0.05, 0.1) is 17.3 Å². The molecule has 0 fully saturated rings. The molecule has 0 spiro atoms. The molecule has 130 valence electrons. The number of halogens is 2. The third-order valence-electron chi connectivity index (χ3n) is 3.03. The molecular weight excluding hydrogens is 369 g/mol. The summed E-state index contributed by atoms with van der Waals surface area (Å²) in [6.07, 6.45) is 1.61. The Morgan fingerprint density at radius 3 is 2.96 bits per heavy atom. The molecule has 0 aliphatic carbocycles. The number of thiazole rings is 1. The molecular formula is C16H19Cl2N3O2S. The maximum Gasteiger partial charge on any atom is 0.226 e. The summed E-state index contributed by atoms with van der Waals surface area (Å²) in [5.74, 6) is 0.462. The van der Waals surface area contributed by atoms with Crippen LogP contribution in [0.5, 0.6) is 5.75 Å². The van der Waals surface area contributed by atoms with Crippen LogP contribution < -0.4 is 15.8 Å². The molecule has 1 aromatic heterocycles. The normalized spacial score (nSPS) is 12.0. The van der Waals surface area contributed by atoms with Gasteiger partial charge in [0.25, 0.3) is 0 Å². The van der Waals surface area contributed by atoms with E-state index in [0.29, 0.717) is 46.8 Å². The molecule has 0 aliphatic rings. The van der Waals surface area contributed by atoms with Gasteiger partial charge in [-0.05, 0) is 31.5 Å². The van der Waals surface area contributed by atoms with Gasteiger partial charge in [-0.3, -0.25) is 4.79 Å². The summed E-state index contributed by atoms with van der Waals surface area (Å²) < 4.78 is 5.54. The van der Waals surface area contributed by atoms with Gasteiger partial charge in [0.1, 0.15) is 5.75 Å². The fourth-order valence-corrected chi connectivity index (χ4v) is 3.18. The predicted octanol–water partition coefficient (Wildman–Crippen LogP) is 4.14. The highest BCUT2D eigenvalue weighted by Gasteiger charge is 2.08. The van der Waals surface area contributed by atoms with Gasteiger partial charge in [-0.25, -0.2) is 4.98 Å². The van der Waals surface area contributed by atoms with Gasteiger partial charge in [0.2, 0.25) is 5.91 Å². The third kappa shape index (κ3) is 6.28. The molecule has 1 amide bonds. The molecule has 1 unspecified atom stereocenters. The molecule has 1 aromatic carbocycles. The lowest BCUT2D eigenvalue weighted by molar-refractivity contribution is -0.116. The average Bonchev–Trinajstić information content (AvgIpc) is 2.91. The Morgan fingerprint density at radius 2 is 2.25 bits per heavy atom. The smallest absolute Gasteiger partial charge is 0.226 e. The van der Waals surface area contributed by atoms with Crippen molar-refractivity contribution in [2.24, 2.45) is 5.73 Å². The minimum atomic E-state index is -0.0949. The molecule has 3 N–H and O–H groups in total. The average molecular weight is 388 g/mol. The maximum absolute atomic E-state index is 11.9. The first-order valence-electron chi connectivity index (χ1n) is 7.51. The van der Waals surface area contributed by atoms with Crippen LogP contribution in [0.3, 0.4) is 0 Å². The highest BCUT2D eigenvalue weighted by Crippen LogP contribution is 2.27. The highest BCUT2D eigenvalue weighted by atomic mass is 35.5.